The van der Waals surface area contributed by atoms with Gasteiger partial charge in [0.15, 0.2) is 5.82 Å². The van der Waals surface area contributed by atoms with Gasteiger partial charge in [-0.05, 0) is 41.4 Å². The van der Waals surface area contributed by atoms with Gasteiger partial charge in [-0.15, -0.1) is 0 Å². The van der Waals surface area contributed by atoms with Crippen LogP contribution in [0.25, 0.3) is 5.82 Å². The third kappa shape index (κ3) is 3.07. The van der Waals surface area contributed by atoms with Crippen molar-refractivity contribution < 1.29 is 9.53 Å². The second-order valence-electron chi connectivity index (χ2n) is 4.22. The van der Waals surface area contributed by atoms with Crippen molar-refractivity contribution in [3.05, 3.63) is 40.3 Å². The number of halogens is 1. The Labute approximate surface area is 126 Å². The fourth-order valence-corrected chi connectivity index (χ4v) is 2.16. The number of carbonyl (C=O) groups excluding carboxylic acids is 1. The van der Waals surface area contributed by atoms with Crippen LogP contribution in [-0.4, -0.2) is 27.3 Å². The first-order chi connectivity index (χ1) is 9.67. The van der Waals surface area contributed by atoms with E-state index in [-0.39, 0.29) is 5.97 Å². The van der Waals surface area contributed by atoms with Crippen molar-refractivity contribution in [2.75, 3.05) is 6.61 Å². The Morgan fingerprint density at radius 1 is 1.35 bits per heavy atom. The van der Waals surface area contributed by atoms with Crippen LogP contribution in [-0.2, 0) is 11.2 Å². The number of hydrogen-bond donors (Lipinski definition) is 0. The second kappa shape index (κ2) is 6.65. The maximum Gasteiger partial charge on any atom is 0.341 e. The van der Waals surface area contributed by atoms with Gasteiger partial charge in [0.05, 0.1) is 18.5 Å². The molecule has 5 nitrogen and oxygen atoms in total. The molecule has 0 atom stereocenters. The molecule has 0 saturated carbocycles. The minimum atomic E-state index is -0.334. The van der Waals surface area contributed by atoms with Crippen LogP contribution in [0, 0.1) is 0 Å². The van der Waals surface area contributed by atoms with Gasteiger partial charge in [0, 0.05) is 10.7 Å². The molecule has 20 heavy (non-hydrogen) atoms. The molecule has 2 aromatic heterocycles. The SMILES string of the molecule is CCCc1c(C(=O)OCC)cnn1-c1ccc(Br)cn1. The molecular weight excluding hydrogens is 322 g/mol. The molecule has 2 heterocycles. The molecule has 2 rings (SSSR count). The van der Waals surface area contributed by atoms with Gasteiger partial charge in [-0.1, -0.05) is 13.3 Å². The standard InChI is InChI=1S/C14H16BrN3O2/c1-3-5-12-11(14(19)20-4-2)9-17-18(12)13-7-6-10(15)8-16-13/h6-9H,3-5H2,1-2H3. The molecule has 0 N–H and O–H groups in total. The van der Waals surface area contributed by atoms with Crippen LogP contribution in [0.1, 0.15) is 36.3 Å². The lowest BCUT2D eigenvalue weighted by Crippen LogP contribution is -2.10. The summed E-state index contributed by atoms with van der Waals surface area (Å²) in [5.74, 6) is 0.353. The lowest BCUT2D eigenvalue weighted by molar-refractivity contribution is 0.0525. The molecule has 0 saturated heterocycles. The van der Waals surface area contributed by atoms with Gasteiger partial charge in [-0.3, -0.25) is 0 Å². The zero-order valence-corrected chi connectivity index (χ0v) is 13.1. The average Bonchev–Trinajstić information content (AvgIpc) is 2.84. The van der Waals surface area contributed by atoms with Crippen LogP contribution in [0.5, 0.6) is 0 Å². The Balaban J connectivity index is 2.43. The third-order valence-electron chi connectivity index (χ3n) is 2.78. The number of rotatable bonds is 5. The van der Waals surface area contributed by atoms with E-state index in [4.69, 9.17) is 4.74 Å². The molecule has 0 fully saturated rings. The average molecular weight is 338 g/mol. The molecule has 0 aliphatic carbocycles. The molecule has 106 valence electrons. The number of hydrogen-bond acceptors (Lipinski definition) is 4. The number of nitrogens with zero attached hydrogens (tertiary/aromatic N) is 3. The highest BCUT2D eigenvalue weighted by Gasteiger charge is 2.19. The molecule has 0 aliphatic heterocycles. The van der Waals surface area contributed by atoms with E-state index in [1.54, 1.807) is 24.0 Å². The first-order valence-corrected chi connectivity index (χ1v) is 7.32. The zero-order valence-electron chi connectivity index (χ0n) is 11.5. The molecule has 2 aromatic rings. The first-order valence-electron chi connectivity index (χ1n) is 6.53. The summed E-state index contributed by atoms with van der Waals surface area (Å²) in [7, 11) is 0. The number of ether oxygens (including phenoxy) is 1. The largest absolute Gasteiger partial charge is 0.462 e. The molecule has 0 aliphatic rings. The summed E-state index contributed by atoms with van der Waals surface area (Å²) in [4.78, 5) is 16.2. The summed E-state index contributed by atoms with van der Waals surface area (Å²) in [5.41, 5.74) is 1.35. The number of carbonyl (C=O) groups is 1. The van der Waals surface area contributed by atoms with Crippen LogP contribution in [0.2, 0.25) is 0 Å². The Morgan fingerprint density at radius 2 is 2.15 bits per heavy atom. The van der Waals surface area contributed by atoms with Crippen LogP contribution >= 0.6 is 15.9 Å². The topological polar surface area (TPSA) is 57.0 Å². The summed E-state index contributed by atoms with van der Waals surface area (Å²) >= 11 is 3.35. The van der Waals surface area contributed by atoms with E-state index in [0.29, 0.717) is 18.0 Å². The fraction of sp³-hybridized carbons (Fsp3) is 0.357. The maximum absolute atomic E-state index is 11.9. The predicted molar refractivity (Wildman–Crippen MR) is 79.0 cm³/mol. The quantitative estimate of drug-likeness (QED) is 0.786. The van der Waals surface area contributed by atoms with Gasteiger partial charge in [0.2, 0.25) is 0 Å². The van der Waals surface area contributed by atoms with Gasteiger partial charge >= 0.3 is 5.97 Å². The molecule has 0 amide bonds. The minimum absolute atomic E-state index is 0.334. The van der Waals surface area contributed by atoms with E-state index in [9.17, 15) is 4.79 Å². The monoisotopic (exact) mass is 337 g/mol. The zero-order chi connectivity index (χ0) is 14.5. The smallest absolute Gasteiger partial charge is 0.341 e. The van der Waals surface area contributed by atoms with Crippen molar-refractivity contribution in [3.63, 3.8) is 0 Å². The van der Waals surface area contributed by atoms with Crippen LogP contribution in [0.4, 0.5) is 0 Å². The Kier molecular flexibility index (Phi) is 4.89. The molecule has 0 unspecified atom stereocenters. The van der Waals surface area contributed by atoms with Gasteiger partial charge in [0.1, 0.15) is 5.56 Å². The third-order valence-corrected chi connectivity index (χ3v) is 3.25. The van der Waals surface area contributed by atoms with Crippen LogP contribution in [0.3, 0.4) is 0 Å². The Bertz CT molecular complexity index is 593. The van der Waals surface area contributed by atoms with Gasteiger partial charge < -0.3 is 4.74 Å². The molecule has 0 spiro atoms. The first kappa shape index (κ1) is 14.7. The van der Waals surface area contributed by atoms with Crippen LogP contribution < -0.4 is 0 Å². The number of pyridine rings is 1. The normalized spacial score (nSPS) is 10.6. The van der Waals surface area contributed by atoms with E-state index in [0.717, 1.165) is 23.0 Å². The van der Waals surface area contributed by atoms with Crippen molar-refractivity contribution in [2.45, 2.75) is 26.7 Å². The number of esters is 1. The van der Waals surface area contributed by atoms with Gasteiger partial charge in [-0.25, -0.2) is 14.5 Å². The summed E-state index contributed by atoms with van der Waals surface area (Å²) in [6.45, 7) is 4.20. The lowest BCUT2D eigenvalue weighted by Gasteiger charge is -2.08. The van der Waals surface area contributed by atoms with Crippen molar-refractivity contribution in [1.82, 2.24) is 14.8 Å². The van der Waals surface area contributed by atoms with E-state index >= 15 is 0 Å². The van der Waals surface area contributed by atoms with Crippen molar-refractivity contribution in [2.24, 2.45) is 0 Å². The van der Waals surface area contributed by atoms with E-state index < -0.39 is 0 Å². The van der Waals surface area contributed by atoms with E-state index in [1.807, 2.05) is 12.1 Å². The lowest BCUT2D eigenvalue weighted by atomic mass is 10.1. The highest BCUT2D eigenvalue weighted by atomic mass is 79.9. The van der Waals surface area contributed by atoms with Crippen molar-refractivity contribution in [1.29, 1.82) is 0 Å². The Hall–Kier alpha value is -1.69. The molecular formula is C14H16BrN3O2. The molecule has 0 bridgehead atoms. The van der Waals surface area contributed by atoms with E-state index in [1.165, 1.54) is 0 Å². The summed E-state index contributed by atoms with van der Waals surface area (Å²) < 4.78 is 7.66. The number of aromatic nitrogens is 3. The summed E-state index contributed by atoms with van der Waals surface area (Å²) in [6.07, 6.45) is 4.91. The van der Waals surface area contributed by atoms with Crippen LogP contribution in [0.15, 0.2) is 29.0 Å². The predicted octanol–water partition coefficient (Wildman–Crippen LogP) is 3.16. The minimum Gasteiger partial charge on any atom is -0.462 e. The van der Waals surface area contributed by atoms with E-state index in [2.05, 4.69) is 32.9 Å². The van der Waals surface area contributed by atoms with Crippen molar-refractivity contribution in [3.8, 4) is 5.82 Å². The molecule has 6 heteroatoms. The Morgan fingerprint density at radius 3 is 2.75 bits per heavy atom. The van der Waals surface area contributed by atoms with Crippen molar-refractivity contribution >= 4 is 21.9 Å². The highest BCUT2D eigenvalue weighted by molar-refractivity contribution is 9.10. The maximum atomic E-state index is 11.9. The summed E-state index contributed by atoms with van der Waals surface area (Å²) in [5, 5.41) is 4.28. The molecule has 0 aromatic carbocycles. The molecule has 0 radical (unpaired) electrons. The second-order valence-corrected chi connectivity index (χ2v) is 5.14. The van der Waals surface area contributed by atoms with Gasteiger partial charge in [-0.2, -0.15) is 5.10 Å². The highest BCUT2D eigenvalue weighted by Crippen LogP contribution is 2.18. The summed E-state index contributed by atoms with van der Waals surface area (Å²) in [6, 6.07) is 3.74. The fourth-order valence-electron chi connectivity index (χ4n) is 1.92. The van der Waals surface area contributed by atoms with Gasteiger partial charge in [0.25, 0.3) is 0 Å².